The first-order chi connectivity index (χ1) is 20.5. The van der Waals surface area contributed by atoms with Gasteiger partial charge in [-0.25, -0.2) is 9.97 Å². The summed E-state index contributed by atoms with van der Waals surface area (Å²) in [6, 6.07) is 11.5. The molecule has 2 fully saturated rings. The van der Waals surface area contributed by atoms with Gasteiger partial charge in [0.1, 0.15) is 17.9 Å². The molecule has 2 aromatic carbocycles. The summed E-state index contributed by atoms with van der Waals surface area (Å²) in [4.78, 5) is 23.7. The van der Waals surface area contributed by atoms with Gasteiger partial charge in [-0.05, 0) is 61.8 Å². The number of methoxy groups -OCH3 is 1. The van der Waals surface area contributed by atoms with E-state index in [2.05, 4.69) is 37.4 Å². The summed E-state index contributed by atoms with van der Waals surface area (Å²) in [5.74, 6) is 2.37. The van der Waals surface area contributed by atoms with Crippen molar-refractivity contribution in [3.63, 3.8) is 0 Å². The number of aromatic nitrogens is 2. The molecule has 3 heterocycles. The predicted molar refractivity (Wildman–Crippen MR) is 168 cm³/mol. The Morgan fingerprint density at radius 2 is 1.81 bits per heavy atom. The van der Waals surface area contributed by atoms with Gasteiger partial charge >= 0.3 is 0 Å². The lowest BCUT2D eigenvalue weighted by atomic mass is 9.80. The van der Waals surface area contributed by atoms with Gasteiger partial charge in [-0.3, -0.25) is 4.79 Å². The van der Waals surface area contributed by atoms with Crippen LogP contribution in [0.1, 0.15) is 31.2 Å². The summed E-state index contributed by atoms with van der Waals surface area (Å²) in [6.07, 6.45) is 8.61. The molecular formula is C32H39N7O3. The fourth-order valence-corrected chi connectivity index (χ4v) is 5.97. The monoisotopic (exact) mass is 569 g/mol. The van der Waals surface area contributed by atoms with Crippen LogP contribution in [0.2, 0.25) is 0 Å². The molecule has 0 atom stereocenters. The molecule has 1 amide bonds. The zero-order valence-electron chi connectivity index (χ0n) is 24.3. The number of carbonyl (C=O) groups excluding carboxylic acids is 1. The Labute approximate surface area is 247 Å². The van der Waals surface area contributed by atoms with Crippen LogP contribution in [0, 0.1) is 17.2 Å². The van der Waals surface area contributed by atoms with Crippen LogP contribution in [-0.2, 0) is 9.53 Å². The largest absolute Gasteiger partial charge is 0.494 e. The number of carbonyl (C=O) groups is 1. The van der Waals surface area contributed by atoms with E-state index in [4.69, 9.17) is 14.9 Å². The lowest BCUT2D eigenvalue weighted by Gasteiger charge is -2.39. The summed E-state index contributed by atoms with van der Waals surface area (Å²) in [6.45, 7) is 7.20. The number of piperidine rings is 1. The van der Waals surface area contributed by atoms with E-state index >= 15 is 0 Å². The number of ether oxygens (including phenoxy) is 2. The van der Waals surface area contributed by atoms with Crippen LogP contribution in [0.4, 0.5) is 28.6 Å². The molecule has 1 aromatic heterocycles. The molecule has 0 saturated carbocycles. The van der Waals surface area contributed by atoms with E-state index in [1.54, 1.807) is 7.11 Å². The second kappa shape index (κ2) is 13.5. The third-order valence-corrected chi connectivity index (χ3v) is 8.28. The van der Waals surface area contributed by atoms with Crippen molar-refractivity contribution in [1.82, 2.24) is 9.97 Å². The lowest BCUT2D eigenvalue weighted by Crippen LogP contribution is -2.38. The highest BCUT2D eigenvalue weighted by atomic mass is 16.5. The number of benzene rings is 2. The van der Waals surface area contributed by atoms with Crippen LogP contribution >= 0.6 is 0 Å². The first-order valence-electron chi connectivity index (χ1n) is 14.4. The van der Waals surface area contributed by atoms with Crippen LogP contribution in [0.3, 0.4) is 0 Å². The molecule has 5 rings (SSSR count). The SMILES string of the molecule is C=CC(=O)Nc1cc(Nc2cc(-c3ccc(NC)c(C=N)c3)ncn2)c(OC)cc1N1CCC(C2CCOCC2)CC1. The molecule has 10 heteroatoms. The topological polar surface area (TPSA) is 124 Å². The zero-order chi connectivity index (χ0) is 29.5. The minimum atomic E-state index is -0.277. The van der Waals surface area contributed by atoms with Crippen LogP contribution in [-0.4, -0.2) is 62.6 Å². The second-order valence-corrected chi connectivity index (χ2v) is 10.6. The highest BCUT2D eigenvalue weighted by Gasteiger charge is 2.29. The maximum absolute atomic E-state index is 12.4. The van der Waals surface area contributed by atoms with Gasteiger partial charge in [0, 0.05) is 68.5 Å². The van der Waals surface area contributed by atoms with Gasteiger partial charge in [0.25, 0.3) is 0 Å². The van der Waals surface area contributed by atoms with Crippen molar-refractivity contribution < 1.29 is 14.3 Å². The average molecular weight is 570 g/mol. The van der Waals surface area contributed by atoms with Gasteiger partial charge in [-0.1, -0.05) is 12.6 Å². The Hall–Kier alpha value is -4.44. The van der Waals surface area contributed by atoms with Gasteiger partial charge in [0.15, 0.2) is 0 Å². The lowest BCUT2D eigenvalue weighted by molar-refractivity contribution is -0.111. The predicted octanol–water partition coefficient (Wildman–Crippen LogP) is 5.70. The van der Waals surface area contributed by atoms with Crippen LogP contribution in [0.5, 0.6) is 5.75 Å². The van der Waals surface area contributed by atoms with Crippen molar-refractivity contribution >= 4 is 40.7 Å². The van der Waals surface area contributed by atoms with Crippen molar-refractivity contribution in [2.45, 2.75) is 25.7 Å². The normalized spacial score (nSPS) is 16.0. The number of nitrogens with zero attached hydrogens (tertiary/aromatic N) is 3. The Bertz CT molecular complexity index is 1430. The molecule has 0 unspecified atom stereocenters. The Balaban J connectivity index is 1.40. The van der Waals surface area contributed by atoms with Crippen LogP contribution in [0.25, 0.3) is 11.3 Å². The number of amides is 1. The van der Waals surface area contributed by atoms with E-state index in [0.29, 0.717) is 34.6 Å². The summed E-state index contributed by atoms with van der Waals surface area (Å²) < 4.78 is 11.4. The minimum absolute atomic E-state index is 0.277. The zero-order valence-corrected chi connectivity index (χ0v) is 24.3. The maximum Gasteiger partial charge on any atom is 0.247 e. The molecular weight excluding hydrogens is 530 g/mol. The molecule has 0 spiro atoms. The maximum atomic E-state index is 12.4. The van der Waals surface area contributed by atoms with Crippen LogP contribution in [0.15, 0.2) is 55.4 Å². The van der Waals surface area contributed by atoms with E-state index in [1.165, 1.54) is 18.6 Å². The summed E-state index contributed by atoms with van der Waals surface area (Å²) >= 11 is 0. The third kappa shape index (κ3) is 6.54. The fraction of sp³-hybridized carbons (Fsp3) is 0.375. The van der Waals surface area contributed by atoms with Crippen molar-refractivity contribution in [1.29, 1.82) is 5.41 Å². The molecule has 0 bridgehead atoms. The molecule has 3 aromatic rings. The minimum Gasteiger partial charge on any atom is -0.494 e. The molecule has 0 aliphatic carbocycles. The molecule has 2 aliphatic heterocycles. The van der Waals surface area contributed by atoms with Gasteiger partial charge in [-0.15, -0.1) is 0 Å². The summed E-state index contributed by atoms with van der Waals surface area (Å²) in [7, 11) is 3.46. The first kappa shape index (κ1) is 29.1. The van der Waals surface area contributed by atoms with E-state index in [1.807, 2.05) is 43.4 Å². The van der Waals surface area contributed by atoms with Crippen molar-refractivity contribution in [3.8, 4) is 17.0 Å². The molecule has 42 heavy (non-hydrogen) atoms. The van der Waals surface area contributed by atoms with E-state index in [-0.39, 0.29) is 5.91 Å². The van der Waals surface area contributed by atoms with E-state index in [0.717, 1.165) is 80.4 Å². The van der Waals surface area contributed by atoms with Crippen molar-refractivity contribution in [2.24, 2.45) is 11.8 Å². The van der Waals surface area contributed by atoms with Crippen molar-refractivity contribution in [2.75, 3.05) is 61.3 Å². The molecule has 4 N–H and O–H groups in total. The summed E-state index contributed by atoms with van der Waals surface area (Å²) in [5.41, 5.74) is 5.47. The smallest absolute Gasteiger partial charge is 0.247 e. The number of anilines is 5. The van der Waals surface area contributed by atoms with Gasteiger partial charge < -0.3 is 35.7 Å². The molecule has 0 radical (unpaired) electrons. The van der Waals surface area contributed by atoms with Gasteiger partial charge in [0.05, 0.1) is 29.9 Å². The van der Waals surface area contributed by atoms with E-state index < -0.39 is 0 Å². The average Bonchev–Trinajstić information content (AvgIpc) is 3.05. The van der Waals surface area contributed by atoms with E-state index in [9.17, 15) is 4.79 Å². The van der Waals surface area contributed by atoms with Gasteiger partial charge in [0.2, 0.25) is 5.91 Å². The highest BCUT2D eigenvalue weighted by Crippen LogP contribution is 2.41. The first-order valence-corrected chi connectivity index (χ1v) is 14.4. The molecule has 2 aliphatic rings. The van der Waals surface area contributed by atoms with Crippen LogP contribution < -0.4 is 25.6 Å². The third-order valence-electron chi connectivity index (χ3n) is 8.28. The standard InChI is InChI=1S/C32H39N7O3/c1-4-32(40)38-27-16-28(37-31-17-26(35-20-36-31)23-5-6-25(34-2)24(15-23)19-33)30(41-3)18-29(27)39-11-7-21(8-12-39)22-9-13-42-14-10-22/h4-6,15-22,33-34H,1,7-14H2,2-3H3,(H,38,40)(H,35,36,37). The number of hydrogen-bond acceptors (Lipinski definition) is 9. The summed E-state index contributed by atoms with van der Waals surface area (Å²) in [5, 5.41) is 17.2. The molecule has 10 nitrogen and oxygen atoms in total. The number of rotatable bonds is 10. The quantitative estimate of drug-likeness (QED) is 0.181. The number of nitrogens with one attached hydrogen (secondary N) is 4. The number of hydrogen-bond donors (Lipinski definition) is 4. The second-order valence-electron chi connectivity index (χ2n) is 10.6. The Morgan fingerprint density at radius 3 is 2.50 bits per heavy atom. The Morgan fingerprint density at radius 1 is 1.05 bits per heavy atom. The van der Waals surface area contributed by atoms with Crippen molar-refractivity contribution in [3.05, 3.63) is 60.9 Å². The highest BCUT2D eigenvalue weighted by molar-refractivity contribution is 6.02. The Kier molecular flexibility index (Phi) is 9.33. The fourth-order valence-electron chi connectivity index (χ4n) is 5.97. The van der Waals surface area contributed by atoms with Gasteiger partial charge in [-0.2, -0.15) is 0 Å². The molecule has 2 saturated heterocycles. The molecule has 220 valence electrons.